The summed E-state index contributed by atoms with van der Waals surface area (Å²) in [6.07, 6.45) is 1.46. The Morgan fingerprint density at radius 3 is 2.64 bits per heavy atom. The summed E-state index contributed by atoms with van der Waals surface area (Å²) in [6.45, 7) is 9.11. The fraction of sp³-hybridized carbons (Fsp3) is 0.500. The van der Waals surface area contributed by atoms with Gasteiger partial charge in [-0.15, -0.1) is 11.3 Å². The number of carbonyl (C=O) groups is 1. The lowest BCUT2D eigenvalue weighted by Gasteiger charge is -2.12. The van der Waals surface area contributed by atoms with E-state index >= 15 is 0 Å². The van der Waals surface area contributed by atoms with Gasteiger partial charge in [0.05, 0.1) is 23.0 Å². The third-order valence-electron chi connectivity index (χ3n) is 4.20. The van der Waals surface area contributed by atoms with E-state index in [0.717, 1.165) is 26.1 Å². The zero-order valence-corrected chi connectivity index (χ0v) is 17.0. The maximum absolute atomic E-state index is 11.6. The lowest BCUT2D eigenvalue weighted by molar-refractivity contribution is -0.148. The second-order valence-electron chi connectivity index (χ2n) is 6.52. The van der Waals surface area contributed by atoms with Crippen molar-refractivity contribution < 1.29 is 14.3 Å². The molecular weight excluding hydrogens is 352 g/mol. The van der Waals surface area contributed by atoms with Crippen LogP contribution >= 0.6 is 23.6 Å². The summed E-state index contributed by atoms with van der Waals surface area (Å²) >= 11 is 6.99. The predicted octanol–water partition coefficient (Wildman–Crippen LogP) is 6.11. The molecule has 0 amide bonds. The predicted molar refractivity (Wildman–Crippen MR) is 107 cm³/mol. The first kappa shape index (κ1) is 19.9. The van der Waals surface area contributed by atoms with Crippen molar-refractivity contribution in [1.29, 1.82) is 0 Å². The lowest BCUT2D eigenvalue weighted by Crippen LogP contribution is -2.15. The van der Waals surface area contributed by atoms with Gasteiger partial charge in [-0.05, 0) is 30.0 Å². The van der Waals surface area contributed by atoms with Crippen LogP contribution in [0.15, 0.2) is 24.3 Å². The summed E-state index contributed by atoms with van der Waals surface area (Å²) in [5.74, 6) is 1.11. The van der Waals surface area contributed by atoms with E-state index in [1.165, 1.54) is 5.56 Å². The van der Waals surface area contributed by atoms with Crippen LogP contribution in [0, 0.1) is 9.74 Å². The van der Waals surface area contributed by atoms with Gasteiger partial charge in [0.2, 0.25) is 0 Å². The van der Waals surface area contributed by atoms with Crippen molar-refractivity contribution in [2.45, 2.75) is 46.5 Å². The molecule has 0 bridgehead atoms. The molecule has 136 valence electrons. The molecule has 0 spiro atoms. The van der Waals surface area contributed by atoms with E-state index in [4.69, 9.17) is 21.7 Å². The van der Waals surface area contributed by atoms with E-state index < -0.39 is 0 Å². The van der Waals surface area contributed by atoms with Gasteiger partial charge in [0.15, 0.2) is 0 Å². The number of hydrogen-bond donors (Lipinski definition) is 0. The molecule has 2 rings (SSSR count). The minimum absolute atomic E-state index is 0.0431. The van der Waals surface area contributed by atoms with Crippen molar-refractivity contribution in [1.82, 2.24) is 0 Å². The van der Waals surface area contributed by atoms with Gasteiger partial charge in [-0.25, -0.2) is 0 Å². The smallest absolute Gasteiger partial charge is 0.308 e. The van der Waals surface area contributed by atoms with Gasteiger partial charge in [-0.1, -0.05) is 46.0 Å². The van der Waals surface area contributed by atoms with Gasteiger partial charge in [0.1, 0.15) is 5.75 Å². The quantitative estimate of drug-likeness (QED) is 0.315. The Balaban J connectivity index is 1.99. The summed E-state index contributed by atoms with van der Waals surface area (Å²) < 4.78 is 13.1. The molecule has 1 unspecified atom stereocenters. The molecule has 5 heteroatoms. The van der Waals surface area contributed by atoms with Gasteiger partial charge in [0.25, 0.3) is 0 Å². The fourth-order valence-corrected chi connectivity index (χ4v) is 3.58. The number of benzene rings is 1. The Hall–Kier alpha value is -1.46. The second kappa shape index (κ2) is 9.30. The highest BCUT2D eigenvalue weighted by Gasteiger charge is 2.11. The molecule has 0 saturated carbocycles. The van der Waals surface area contributed by atoms with Gasteiger partial charge >= 0.3 is 5.97 Å². The zero-order chi connectivity index (χ0) is 18.4. The van der Waals surface area contributed by atoms with E-state index in [1.54, 1.807) is 11.3 Å². The fourth-order valence-electron chi connectivity index (χ4n) is 2.35. The van der Waals surface area contributed by atoms with Crippen LogP contribution in [0.2, 0.25) is 0 Å². The number of hydrogen-bond acceptors (Lipinski definition) is 5. The van der Waals surface area contributed by atoms with Gasteiger partial charge in [-0.2, -0.15) is 0 Å². The monoisotopic (exact) mass is 378 g/mol. The average molecular weight is 379 g/mol. The number of carbonyl (C=O) groups excluding carboxylic acids is 1. The Morgan fingerprint density at radius 1 is 1.20 bits per heavy atom. The molecule has 2 aromatic rings. The van der Waals surface area contributed by atoms with Crippen molar-refractivity contribution in [3.63, 3.8) is 0 Å². The SMILES string of the molecule is CCC(C)C(=O)OCCCOc1cc(=S)sc2cc(C(C)C)ccc12. The van der Waals surface area contributed by atoms with Crippen molar-refractivity contribution in [2.24, 2.45) is 5.92 Å². The Labute approximate surface area is 159 Å². The molecule has 1 heterocycles. The molecule has 25 heavy (non-hydrogen) atoms. The number of rotatable bonds is 8. The van der Waals surface area contributed by atoms with Crippen LogP contribution in [-0.4, -0.2) is 19.2 Å². The summed E-state index contributed by atoms with van der Waals surface area (Å²) in [5, 5.41) is 1.08. The maximum atomic E-state index is 11.6. The standard InChI is InChI=1S/C20H26O3S2/c1-5-14(4)20(21)23-10-6-9-22-17-12-19(24)25-18-11-15(13(2)3)7-8-16(17)18/h7-8,11-14H,5-6,9-10H2,1-4H3. The van der Waals surface area contributed by atoms with Crippen LogP contribution < -0.4 is 4.74 Å². The van der Waals surface area contributed by atoms with E-state index in [-0.39, 0.29) is 11.9 Å². The van der Waals surface area contributed by atoms with E-state index in [0.29, 0.717) is 25.6 Å². The molecule has 0 aliphatic rings. The van der Waals surface area contributed by atoms with Crippen LogP contribution in [0.4, 0.5) is 0 Å². The molecular formula is C20H26O3S2. The highest BCUT2D eigenvalue weighted by molar-refractivity contribution is 7.73. The van der Waals surface area contributed by atoms with Crippen LogP contribution in [0.25, 0.3) is 10.1 Å². The zero-order valence-electron chi connectivity index (χ0n) is 15.3. The highest BCUT2D eigenvalue weighted by Crippen LogP contribution is 2.32. The summed E-state index contributed by atoms with van der Waals surface area (Å²) in [6, 6.07) is 8.35. The molecule has 0 saturated heterocycles. The van der Waals surface area contributed by atoms with Crippen LogP contribution in [0.3, 0.4) is 0 Å². The first-order valence-electron chi connectivity index (χ1n) is 8.79. The first-order valence-corrected chi connectivity index (χ1v) is 10.0. The van der Waals surface area contributed by atoms with Crippen molar-refractivity contribution in [2.75, 3.05) is 13.2 Å². The molecule has 1 atom stereocenters. The molecule has 0 N–H and O–H groups in total. The van der Waals surface area contributed by atoms with Crippen LogP contribution in [0.1, 0.15) is 52.0 Å². The van der Waals surface area contributed by atoms with E-state index in [9.17, 15) is 4.79 Å². The van der Waals surface area contributed by atoms with Gasteiger partial charge in [0, 0.05) is 22.6 Å². The molecule has 0 aliphatic heterocycles. The van der Waals surface area contributed by atoms with Crippen LogP contribution in [-0.2, 0) is 9.53 Å². The Kier molecular flexibility index (Phi) is 7.38. The highest BCUT2D eigenvalue weighted by atomic mass is 32.1. The molecule has 1 aromatic heterocycles. The summed E-state index contributed by atoms with van der Waals surface area (Å²) in [5.41, 5.74) is 1.30. The van der Waals surface area contributed by atoms with Crippen molar-refractivity contribution in [3.05, 3.63) is 33.7 Å². The molecule has 3 nitrogen and oxygen atoms in total. The molecule has 0 fully saturated rings. The normalized spacial score (nSPS) is 12.4. The third-order valence-corrected chi connectivity index (χ3v) is 5.45. The van der Waals surface area contributed by atoms with Gasteiger partial charge in [-0.3, -0.25) is 4.79 Å². The molecule has 0 radical (unpaired) electrons. The number of fused-ring (bicyclic) bond motifs is 1. The number of esters is 1. The maximum Gasteiger partial charge on any atom is 0.308 e. The first-order chi connectivity index (χ1) is 11.9. The van der Waals surface area contributed by atoms with Crippen molar-refractivity contribution >= 4 is 39.6 Å². The average Bonchev–Trinajstić information content (AvgIpc) is 2.59. The van der Waals surface area contributed by atoms with Gasteiger partial charge < -0.3 is 9.47 Å². The summed E-state index contributed by atoms with van der Waals surface area (Å²) in [7, 11) is 0. The number of ether oxygens (including phenoxy) is 2. The lowest BCUT2D eigenvalue weighted by atomic mass is 10.0. The van der Waals surface area contributed by atoms with E-state index in [1.807, 2.05) is 19.9 Å². The Bertz CT molecular complexity index is 780. The summed E-state index contributed by atoms with van der Waals surface area (Å²) in [4.78, 5) is 11.6. The topological polar surface area (TPSA) is 35.5 Å². The minimum atomic E-state index is -0.136. The van der Waals surface area contributed by atoms with E-state index in [2.05, 4.69) is 32.0 Å². The molecule has 0 aliphatic carbocycles. The molecule has 1 aromatic carbocycles. The van der Waals surface area contributed by atoms with Crippen LogP contribution in [0.5, 0.6) is 5.75 Å². The Morgan fingerprint density at radius 2 is 1.96 bits per heavy atom. The largest absolute Gasteiger partial charge is 0.493 e. The minimum Gasteiger partial charge on any atom is -0.493 e. The van der Waals surface area contributed by atoms with Crippen molar-refractivity contribution in [3.8, 4) is 5.75 Å². The third kappa shape index (κ3) is 5.51. The second-order valence-corrected chi connectivity index (χ2v) is 8.30.